The standard InChI is InChI=1S/C9H21NO2/c1-8(2)4-5-10-6-9(11)7-12-3/h8-11H,4-7H2,1-3H3. The maximum atomic E-state index is 9.23. The van der Waals surface area contributed by atoms with E-state index in [1.807, 2.05) is 0 Å². The number of ether oxygens (including phenoxy) is 1. The van der Waals surface area contributed by atoms with E-state index in [0.29, 0.717) is 13.2 Å². The zero-order valence-corrected chi connectivity index (χ0v) is 8.34. The summed E-state index contributed by atoms with van der Waals surface area (Å²) in [6.07, 6.45) is 0.779. The maximum Gasteiger partial charge on any atom is 0.0897 e. The van der Waals surface area contributed by atoms with Crippen molar-refractivity contribution >= 4 is 0 Å². The predicted molar refractivity (Wildman–Crippen MR) is 50.2 cm³/mol. The Hall–Kier alpha value is -0.120. The van der Waals surface area contributed by atoms with Crippen molar-refractivity contribution in [3.8, 4) is 0 Å². The van der Waals surface area contributed by atoms with Crippen LogP contribution in [0.4, 0.5) is 0 Å². The SMILES string of the molecule is COCC(O)CNCCC(C)C. The second-order valence-electron chi connectivity index (χ2n) is 3.50. The lowest BCUT2D eigenvalue weighted by Gasteiger charge is -2.11. The van der Waals surface area contributed by atoms with Gasteiger partial charge in [-0.3, -0.25) is 0 Å². The number of aliphatic hydroxyl groups excluding tert-OH is 1. The molecule has 0 spiro atoms. The van der Waals surface area contributed by atoms with Crippen LogP contribution in [-0.2, 0) is 4.74 Å². The Morgan fingerprint density at radius 1 is 1.42 bits per heavy atom. The van der Waals surface area contributed by atoms with Gasteiger partial charge in [-0.2, -0.15) is 0 Å². The highest BCUT2D eigenvalue weighted by atomic mass is 16.5. The van der Waals surface area contributed by atoms with Gasteiger partial charge in [-0.25, -0.2) is 0 Å². The molecule has 1 atom stereocenters. The third kappa shape index (κ3) is 7.98. The van der Waals surface area contributed by atoms with E-state index in [9.17, 15) is 5.11 Å². The number of methoxy groups -OCH3 is 1. The van der Waals surface area contributed by atoms with E-state index < -0.39 is 0 Å². The minimum absolute atomic E-state index is 0.373. The first-order valence-corrected chi connectivity index (χ1v) is 4.54. The van der Waals surface area contributed by atoms with Crippen LogP contribution in [0, 0.1) is 5.92 Å². The van der Waals surface area contributed by atoms with E-state index in [1.165, 1.54) is 0 Å². The van der Waals surface area contributed by atoms with E-state index in [2.05, 4.69) is 19.2 Å². The number of nitrogens with one attached hydrogen (secondary N) is 1. The van der Waals surface area contributed by atoms with E-state index in [0.717, 1.165) is 18.9 Å². The van der Waals surface area contributed by atoms with Gasteiger partial charge in [0.2, 0.25) is 0 Å². The van der Waals surface area contributed by atoms with Gasteiger partial charge in [0.25, 0.3) is 0 Å². The minimum atomic E-state index is -0.373. The second-order valence-corrected chi connectivity index (χ2v) is 3.50. The molecule has 0 aromatic heterocycles. The third-order valence-corrected chi connectivity index (χ3v) is 1.64. The Morgan fingerprint density at radius 3 is 2.58 bits per heavy atom. The van der Waals surface area contributed by atoms with Crippen LogP contribution in [0.3, 0.4) is 0 Å². The summed E-state index contributed by atoms with van der Waals surface area (Å²) in [5, 5.41) is 12.4. The summed E-state index contributed by atoms with van der Waals surface area (Å²) in [7, 11) is 1.59. The molecule has 0 aliphatic rings. The van der Waals surface area contributed by atoms with Gasteiger partial charge in [-0.1, -0.05) is 13.8 Å². The van der Waals surface area contributed by atoms with Gasteiger partial charge < -0.3 is 15.2 Å². The first-order chi connectivity index (χ1) is 5.66. The molecule has 0 aromatic rings. The van der Waals surface area contributed by atoms with E-state index in [-0.39, 0.29) is 6.10 Å². The van der Waals surface area contributed by atoms with Crippen LogP contribution >= 0.6 is 0 Å². The van der Waals surface area contributed by atoms with Crippen LogP contribution in [0.5, 0.6) is 0 Å². The van der Waals surface area contributed by atoms with Gasteiger partial charge >= 0.3 is 0 Å². The van der Waals surface area contributed by atoms with Gasteiger partial charge in [-0.05, 0) is 18.9 Å². The highest BCUT2D eigenvalue weighted by molar-refractivity contribution is 4.58. The monoisotopic (exact) mass is 175 g/mol. The molecule has 0 rings (SSSR count). The smallest absolute Gasteiger partial charge is 0.0897 e. The summed E-state index contributed by atoms with van der Waals surface area (Å²) in [5.74, 6) is 0.720. The molecular formula is C9H21NO2. The lowest BCUT2D eigenvalue weighted by molar-refractivity contribution is 0.0645. The Balaban J connectivity index is 3.08. The Morgan fingerprint density at radius 2 is 2.08 bits per heavy atom. The average molecular weight is 175 g/mol. The fraction of sp³-hybridized carbons (Fsp3) is 1.00. The molecule has 0 bridgehead atoms. The van der Waals surface area contributed by atoms with E-state index in [1.54, 1.807) is 7.11 Å². The normalized spacial score (nSPS) is 13.8. The first kappa shape index (κ1) is 11.9. The van der Waals surface area contributed by atoms with Gasteiger partial charge in [0, 0.05) is 13.7 Å². The van der Waals surface area contributed by atoms with Crippen molar-refractivity contribution < 1.29 is 9.84 Å². The van der Waals surface area contributed by atoms with Crippen molar-refractivity contribution in [3.05, 3.63) is 0 Å². The molecule has 74 valence electrons. The number of hydrogen-bond donors (Lipinski definition) is 2. The summed E-state index contributed by atoms with van der Waals surface area (Å²) >= 11 is 0. The quantitative estimate of drug-likeness (QED) is 0.558. The van der Waals surface area contributed by atoms with Crippen LogP contribution in [0.1, 0.15) is 20.3 Å². The summed E-state index contributed by atoms with van der Waals surface area (Å²) in [5.41, 5.74) is 0. The zero-order valence-electron chi connectivity index (χ0n) is 8.34. The third-order valence-electron chi connectivity index (χ3n) is 1.64. The van der Waals surface area contributed by atoms with Crippen molar-refractivity contribution in [2.75, 3.05) is 26.8 Å². The molecular weight excluding hydrogens is 154 g/mol. The molecule has 2 N–H and O–H groups in total. The summed E-state index contributed by atoms with van der Waals surface area (Å²) < 4.78 is 4.79. The minimum Gasteiger partial charge on any atom is -0.389 e. The Kier molecular flexibility index (Phi) is 7.45. The molecule has 0 aromatic carbocycles. The van der Waals surface area contributed by atoms with Crippen molar-refractivity contribution in [3.63, 3.8) is 0 Å². The fourth-order valence-corrected chi connectivity index (χ4v) is 0.911. The molecule has 3 nitrogen and oxygen atoms in total. The molecule has 12 heavy (non-hydrogen) atoms. The van der Waals surface area contributed by atoms with Gasteiger partial charge in [-0.15, -0.1) is 0 Å². The number of hydrogen-bond acceptors (Lipinski definition) is 3. The van der Waals surface area contributed by atoms with Gasteiger partial charge in [0.1, 0.15) is 0 Å². The number of rotatable bonds is 7. The molecule has 1 unspecified atom stereocenters. The van der Waals surface area contributed by atoms with Gasteiger partial charge in [0.15, 0.2) is 0 Å². The van der Waals surface area contributed by atoms with Crippen molar-refractivity contribution in [2.45, 2.75) is 26.4 Å². The van der Waals surface area contributed by atoms with Crippen molar-refractivity contribution in [1.29, 1.82) is 0 Å². The Bertz CT molecular complexity index is 96.5. The molecule has 0 saturated heterocycles. The Labute approximate surface area is 75.1 Å². The topological polar surface area (TPSA) is 41.5 Å². The molecule has 0 radical (unpaired) electrons. The highest BCUT2D eigenvalue weighted by Gasteiger charge is 2.01. The van der Waals surface area contributed by atoms with E-state index in [4.69, 9.17) is 4.74 Å². The molecule has 0 heterocycles. The maximum absolute atomic E-state index is 9.23. The average Bonchev–Trinajstić information content (AvgIpc) is 1.98. The lowest BCUT2D eigenvalue weighted by Crippen LogP contribution is -2.31. The van der Waals surface area contributed by atoms with Crippen LogP contribution in [0.15, 0.2) is 0 Å². The molecule has 0 amide bonds. The summed E-state index contributed by atoms with van der Waals surface area (Å²) in [6, 6.07) is 0. The number of aliphatic hydroxyl groups is 1. The van der Waals surface area contributed by atoms with Crippen molar-refractivity contribution in [1.82, 2.24) is 5.32 Å². The second kappa shape index (κ2) is 7.53. The molecule has 0 fully saturated rings. The summed E-state index contributed by atoms with van der Waals surface area (Å²) in [4.78, 5) is 0. The molecule has 0 aliphatic carbocycles. The first-order valence-electron chi connectivity index (χ1n) is 4.54. The van der Waals surface area contributed by atoms with Crippen LogP contribution in [-0.4, -0.2) is 38.0 Å². The molecule has 0 aliphatic heterocycles. The van der Waals surface area contributed by atoms with Crippen LogP contribution in [0.2, 0.25) is 0 Å². The van der Waals surface area contributed by atoms with Crippen LogP contribution < -0.4 is 5.32 Å². The van der Waals surface area contributed by atoms with Crippen molar-refractivity contribution in [2.24, 2.45) is 5.92 Å². The predicted octanol–water partition coefficient (Wildman–Crippen LogP) is 0.629. The zero-order chi connectivity index (χ0) is 9.40. The van der Waals surface area contributed by atoms with E-state index >= 15 is 0 Å². The molecule has 3 heteroatoms. The van der Waals surface area contributed by atoms with Gasteiger partial charge in [0.05, 0.1) is 12.7 Å². The fourth-order valence-electron chi connectivity index (χ4n) is 0.911. The molecule has 0 saturated carbocycles. The summed E-state index contributed by atoms with van der Waals surface area (Å²) in [6.45, 7) is 6.38. The highest BCUT2D eigenvalue weighted by Crippen LogP contribution is 1.96. The largest absolute Gasteiger partial charge is 0.389 e. The van der Waals surface area contributed by atoms with Crippen LogP contribution in [0.25, 0.3) is 0 Å². The lowest BCUT2D eigenvalue weighted by atomic mass is 10.1.